The molecular formula is C30H39ClN4O3S. The maximum absolute atomic E-state index is 13.0. The van der Waals surface area contributed by atoms with Crippen molar-refractivity contribution in [3.63, 3.8) is 0 Å². The first-order valence-corrected chi connectivity index (χ1v) is 14.7. The number of aromatic nitrogens is 3. The third-order valence-electron chi connectivity index (χ3n) is 7.39. The third kappa shape index (κ3) is 6.90. The number of carbonyl (C=O) groups is 2. The van der Waals surface area contributed by atoms with Gasteiger partial charge in [0.2, 0.25) is 5.91 Å². The van der Waals surface area contributed by atoms with Gasteiger partial charge in [0.25, 0.3) is 0 Å². The normalized spacial score (nSPS) is 15.1. The summed E-state index contributed by atoms with van der Waals surface area (Å²) in [5.41, 5.74) is 5.70. The molecule has 1 aromatic carbocycles. The van der Waals surface area contributed by atoms with Crippen LogP contribution in [0.4, 0.5) is 0 Å². The van der Waals surface area contributed by atoms with E-state index in [0.29, 0.717) is 23.1 Å². The number of carbonyl (C=O) groups excluding carboxylic acids is 1. The fourth-order valence-corrected chi connectivity index (χ4v) is 6.26. The van der Waals surface area contributed by atoms with Gasteiger partial charge in [0.05, 0.1) is 17.1 Å². The van der Waals surface area contributed by atoms with Gasteiger partial charge >= 0.3 is 5.97 Å². The van der Waals surface area contributed by atoms with Gasteiger partial charge in [0, 0.05) is 30.3 Å². The lowest BCUT2D eigenvalue weighted by atomic mass is 9.79. The second-order valence-electron chi connectivity index (χ2n) is 12.6. The molecule has 0 saturated carbocycles. The van der Waals surface area contributed by atoms with Crippen molar-refractivity contribution in [2.45, 2.75) is 91.0 Å². The highest BCUT2D eigenvalue weighted by atomic mass is 35.5. The summed E-state index contributed by atoms with van der Waals surface area (Å²) in [6.45, 7) is 16.6. The average Bonchev–Trinajstić information content (AvgIpc) is 3.39. The minimum absolute atomic E-state index is 0.00640. The van der Waals surface area contributed by atoms with Gasteiger partial charge in [-0.15, -0.1) is 11.3 Å². The number of hydrogen-bond acceptors (Lipinski definition) is 5. The van der Waals surface area contributed by atoms with Crippen LogP contribution in [0.2, 0.25) is 4.34 Å². The van der Waals surface area contributed by atoms with Crippen LogP contribution in [0.1, 0.15) is 87.8 Å². The molecule has 1 aliphatic heterocycles. The van der Waals surface area contributed by atoms with E-state index in [4.69, 9.17) is 21.7 Å². The molecule has 1 fully saturated rings. The van der Waals surface area contributed by atoms with Crippen LogP contribution in [0.25, 0.3) is 11.3 Å². The highest BCUT2D eigenvalue weighted by Crippen LogP contribution is 2.41. The number of nitrogens with zero attached hydrogens (tertiary/aromatic N) is 4. The summed E-state index contributed by atoms with van der Waals surface area (Å²) >= 11 is 8.35. The standard InChI is InChI=1S/C30H39ClN4O3S/c1-18-12-23(16-25(37)38)33-35(18)17-24(36)34-10-8-19(9-11-34)28-32-26(27(31)39-28)20-13-21(29(2,3)4)15-22(14-20)30(5,6)7/h12-15,19H,8-11,16-17H2,1-7H3,(H,37,38). The lowest BCUT2D eigenvalue weighted by Crippen LogP contribution is -2.40. The molecule has 1 aliphatic rings. The number of benzene rings is 1. The Balaban J connectivity index is 1.47. The zero-order valence-corrected chi connectivity index (χ0v) is 25.5. The maximum Gasteiger partial charge on any atom is 0.309 e. The molecule has 1 saturated heterocycles. The van der Waals surface area contributed by atoms with Crippen LogP contribution in [0.3, 0.4) is 0 Å². The predicted molar refractivity (Wildman–Crippen MR) is 157 cm³/mol. The summed E-state index contributed by atoms with van der Waals surface area (Å²) in [7, 11) is 0. The largest absolute Gasteiger partial charge is 0.481 e. The summed E-state index contributed by atoms with van der Waals surface area (Å²) in [5.74, 6) is -0.685. The SMILES string of the molecule is Cc1cc(CC(=O)O)nn1CC(=O)N1CCC(c2nc(-c3cc(C(C)(C)C)cc(C(C)(C)C)c3)c(Cl)s2)CC1. The first-order valence-electron chi connectivity index (χ1n) is 13.5. The highest BCUT2D eigenvalue weighted by Gasteiger charge is 2.28. The van der Waals surface area contributed by atoms with Crippen LogP contribution in [-0.2, 0) is 33.4 Å². The molecule has 2 aromatic heterocycles. The Labute approximate surface area is 240 Å². The highest BCUT2D eigenvalue weighted by molar-refractivity contribution is 7.16. The number of rotatable bonds is 6. The average molecular weight is 571 g/mol. The van der Waals surface area contributed by atoms with Crippen molar-refractivity contribution in [2.75, 3.05) is 13.1 Å². The van der Waals surface area contributed by atoms with Gasteiger partial charge in [-0.3, -0.25) is 14.3 Å². The van der Waals surface area contributed by atoms with Gasteiger partial charge in [0.1, 0.15) is 16.6 Å². The van der Waals surface area contributed by atoms with E-state index in [-0.39, 0.29) is 35.6 Å². The topological polar surface area (TPSA) is 88.3 Å². The first-order chi connectivity index (χ1) is 18.1. The van der Waals surface area contributed by atoms with E-state index in [2.05, 4.69) is 64.8 Å². The van der Waals surface area contributed by atoms with Crippen LogP contribution >= 0.6 is 22.9 Å². The Morgan fingerprint density at radius 1 is 1.03 bits per heavy atom. The van der Waals surface area contributed by atoms with E-state index in [1.165, 1.54) is 11.1 Å². The molecule has 0 unspecified atom stereocenters. The number of aliphatic carboxylic acids is 1. The maximum atomic E-state index is 13.0. The van der Waals surface area contributed by atoms with Crippen molar-refractivity contribution < 1.29 is 14.7 Å². The van der Waals surface area contributed by atoms with Crippen molar-refractivity contribution in [3.05, 3.63) is 56.1 Å². The third-order valence-corrected chi connectivity index (χ3v) is 8.80. The van der Waals surface area contributed by atoms with Gasteiger partial charge in [-0.1, -0.05) is 59.2 Å². The summed E-state index contributed by atoms with van der Waals surface area (Å²) in [6.07, 6.45) is 1.50. The Morgan fingerprint density at radius 3 is 2.15 bits per heavy atom. The Kier molecular flexibility index (Phi) is 8.29. The molecule has 0 bridgehead atoms. The minimum Gasteiger partial charge on any atom is -0.481 e. The fraction of sp³-hybridized carbons (Fsp3) is 0.533. The van der Waals surface area contributed by atoms with Gasteiger partial charge in [0.15, 0.2) is 0 Å². The second kappa shape index (κ2) is 11.0. The van der Waals surface area contributed by atoms with E-state index < -0.39 is 5.97 Å². The monoisotopic (exact) mass is 570 g/mol. The van der Waals surface area contributed by atoms with E-state index in [9.17, 15) is 9.59 Å². The van der Waals surface area contributed by atoms with Crippen LogP contribution in [0.15, 0.2) is 24.3 Å². The fourth-order valence-electron chi connectivity index (χ4n) is 4.88. The molecule has 3 heterocycles. The van der Waals surface area contributed by atoms with Crippen molar-refractivity contribution in [1.82, 2.24) is 19.7 Å². The molecule has 3 aromatic rings. The van der Waals surface area contributed by atoms with Crippen LogP contribution < -0.4 is 0 Å². The van der Waals surface area contributed by atoms with Crippen molar-refractivity contribution >= 4 is 34.8 Å². The van der Waals surface area contributed by atoms with Gasteiger partial charge in [-0.2, -0.15) is 5.10 Å². The number of halogens is 1. The van der Waals surface area contributed by atoms with E-state index in [1.807, 2.05) is 11.8 Å². The van der Waals surface area contributed by atoms with Crippen LogP contribution in [0, 0.1) is 6.92 Å². The Morgan fingerprint density at radius 2 is 1.62 bits per heavy atom. The molecule has 0 atom stereocenters. The number of likely N-dealkylation sites (tertiary alicyclic amines) is 1. The molecule has 9 heteroatoms. The van der Waals surface area contributed by atoms with E-state index in [1.54, 1.807) is 22.1 Å². The Bertz CT molecular complexity index is 1340. The number of carboxylic acid groups (broad SMARTS) is 1. The molecule has 4 rings (SSSR count). The smallest absolute Gasteiger partial charge is 0.309 e. The molecule has 0 aliphatic carbocycles. The minimum atomic E-state index is -0.935. The van der Waals surface area contributed by atoms with Gasteiger partial charge < -0.3 is 10.0 Å². The van der Waals surface area contributed by atoms with Crippen molar-refractivity contribution in [1.29, 1.82) is 0 Å². The summed E-state index contributed by atoms with van der Waals surface area (Å²) in [5, 5.41) is 14.3. The molecule has 1 N–H and O–H groups in total. The van der Waals surface area contributed by atoms with Crippen LogP contribution in [0.5, 0.6) is 0 Å². The molecule has 1 amide bonds. The molecule has 7 nitrogen and oxygen atoms in total. The molecular weight excluding hydrogens is 532 g/mol. The number of hydrogen-bond donors (Lipinski definition) is 1. The zero-order valence-electron chi connectivity index (χ0n) is 24.0. The van der Waals surface area contributed by atoms with Gasteiger partial charge in [-0.05, 0) is 59.9 Å². The quantitative estimate of drug-likeness (QED) is 0.361. The molecule has 210 valence electrons. The second-order valence-corrected chi connectivity index (χ2v) is 14.3. The number of aryl methyl sites for hydroxylation is 1. The number of amides is 1. The Hall–Kier alpha value is -2.71. The lowest BCUT2D eigenvalue weighted by molar-refractivity contribution is -0.136. The molecule has 39 heavy (non-hydrogen) atoms. The summed E-state index contributed by atoms with van der Waals surface area (Å²) in [6, 6.07) is 8.47. The van der Waals surface area contributed by atoms with E-state index in [0.717, 1.165) is 34.8 Å². The van der Waals surface area contributed by atoms with Gasteiger partial charge in [-0.25, -0.2) is 4.98 Å². The number of thiazole rings is 1. The van der Waals surface area contributed by atoms with Crippen LogP contribution in [-0.4, -0.2) is 49.7 Å². The van der Waals surface area contributed by atoms with Crippen molar-refractivity contribution in [3.8, 4) is 11.3 Å². The van der Waals surface area contributed by atoms with Crippen molar-refractivity contribution in [2.24, 2.45) is 0 Å². The lowest BCUT2D eigenvalue weighted by Gasteiger charge is -2.31. The zero-order chi connectivity index (χ0) is 28.7. The molecule has 0 radical (unpaired) electrons. The summed E-state index contributed by atoms with van der Waals surface area (Å²) < 4.78 is 2.30. The summed E-state index contributed by atoms with van der Waals surface area (Å²) in [4.78, 5) is 30.9. The first kappa shape index (κ1) is 29.3. The van der Waals surface area contributed by atoms with E-state index >= 15 is 0 Å². The predicted octanol–water partition coefficient (Wildman–Crippen LogP) is 6.60. The number of piperidine rings is 1. The number of carboxylic acids is 1. The molecule has 0 spiro atoms.